The number of amides is 2. The lowest BCUT2D eigenvalue weighted by atomic mass is 10.1. The van der Waals surface area contributed by atoms with Crippen LogP contribution in [0.25, 0.3) is 0 Å². The molecule has 7 heteroatoms. The van der Waals surface area contributed by atoms with Gasteiger partial charge >= 0.3 is 0 Å². The van der Waals surface area contributed by atoms with Crippen LogP contribution < -0.4 is 10.6 Å². The molecule has 0 aliphatic rings. The summed E-state index contributed by atoms with van der Waals surface area (Å²) >= 11 is 5.80. The van der Waals surface area contributed by atoms with Crippen molar-refractivity contribution in [2.45, 2.75) is 0 Å². The van der Waals surface area contributed by atoms with Crippen LogP contribution in [0.5, 0.6) is 0 Å². The summed E-state index contributed by atoms with van der Waals surface area (Å²) in [5, 5.41) is 5.70. The molecule has 0 radical (unpaired) electrons. The third-order valence-electron chi connectivity index (χ3n) is 3.67. The molecular weight excluding hydrogens is 374 g/mol. The first-order chi connectivity index (χ1) is 12.9. The molecule has 136 valence electrons. The summed E-state index contributed by atoms with van der Waals surface area (Å²) in [6.45, 7) is 0. The molecule has 0 atom stereocenters. The molecule has 0 unspecified atom stereocenters. The fourth-order valence-corrected chi connectivity index (χ4v) is 2.44. The molecule has 0 aromatic heterocycles. The van der Waals surface area contributed by atoms with E-state index in [1.54, 1.807) is 36.4 Å². The van der Waals surface area contributed by atoms with Crippen molar-refractivity contribution in [2.24, 2.45) is 0 Å². The van der Waals surface area contributed by atoms with Crippen LogP contribution in [0.3, 0.4) is 0 Å². The molecule has 0 saturated heterocycles. The van der Waals surface area contributed by atoms with Gasteiger partial charge in [-0.05, 0) is 54.6 Å². The standard InChI is InChI=1S/C20H13ClF2N2O2/c21-14-4-6-15(7-5-14)24-19(26)12-2-1-3-13(10-12)20(27)25-16-8-9-17(22)18(23)11-16/h1-11H,(H,24,26)(H,25,27). The molecule has 0 bridgehead atoms. The molecule has 2 amide bonds. The first kappa shape index (κ1) is 18.5. The summed E-state index contributed by atoms with van der Waals surface area (Å²) < 4.78 is 26.2. The highest BCUT2D eigenvalue weighted by molar-refractivity contribution is 6.30. The topological polar surface area (TPSA) is 58.2 Å². The second-order valence-corrected chi connectivity index (χ2v) is 6.06. The van der Waals surface area contributed by atoms with Gasteiger partial charge in [-0.25, -0.2) is 8.78 Å². The minimum Gasteiger partial charge on any atom is -0.322 e. The van der Waals surface area contributed by atoms with Crippen molar-refractivity contribution in [1.82, 2.24) is 0 Å². The van der Waals surface area contributed by atoms with Crippen LogP contribution in [0.1, 0.15) is 20.7 Å². The second-order valence-electron chi connectivity index (χ2n) is 5.62. The summed E-state index contributed by atoms with van der Waals surface area (Å²) in [6.07, 6.45) is 0. The Morgan fingerprint density at radius 1 is 0.704 bits per heavy atom. The van der Waals surface area contributed by atoms with Crippen molar-refractivity contribution < 1.29 is 18.4 Å². The van der Waals surface area contributed by atoms with E-state index in [1.165, 1.54) is 18.2 Å². The average Bonchev–Trinajstić information content (AvgIpc) is 2.66. The van der Waals surface area contributed by atoms with E-state index in [1.807, 2.05) is 0 Å². The summed E-state index contributed by atoms with van der Waals surface area (Å²) in [4.78, 5) is 24.7. The van der Waals surface area contributed by atoms with Crippen molar-refractivity contribution in [2.75, 3.05) is 10.6 Å². The Kier molecular flexibility index (Phi) is 5.47. The van der Waals surface area contributed by atoms with Crippen LogP contribution in [-0.2, 0) is 0 Å². The molecule has 0 spiro atoms. The minimum absolute atomic E-state index is 0.106. The smallest absolute Gasteiger partial charge is 0.255 e. The van der Waals surface area contributed by atoms with Crippen LogP contribution in [-0.4, -0.2) is 11.8 Å². The van der Waals surface area contributed by atoms with Gasteiger partial charge in [0, 0.05) is 33.6 Å². The number of rotatable bonds is 4. The molecule has 0 heterocycles. The van der Waals surface area contributed by atoms with Crippen LogP contribution in [0.4, 0.5) is 20.2 Å². The van der Waals surface area contributed by atoms with Crippen LogP contribution in [0.2, 0.25) is 5.02 Å². The summed E-state index contributed by atoms with van der Waals surface area (Å²) in [5.41, 5.74) is 1.13. The maximum atomic E-state index is 13.2. The summed E-state index contributed by atoms with van der Waals surface area (Å²) in [5.74, 6) is -3.03. The number of hydrogen-bond acceptors (Lipinski definition) is 2. The lowest BCUT2D eigenvalue weighted by Gasteiger charge is -2.08. The van der Waals surface area contributed by atoms with E-state index in [4.69, 9.17) is 11.6 Å². The molecule has 0 aliphatic carbocycles. The third-order valence-corrected chi connectivity index (χ3v) is 3.92. The average molecular weight is 387 g/mol. The third kappa shape index (κ3) is 4.68. The van der Waals surface area contributed by atoms with Crippen molar-refractivity contribution >= 4 is 34.8 Å². The summed E-state index contributed by atoms with van der Waals surface area (Å²) in [7, 11) is 0. The highest BCUT2D eigenvalue weighted by atomic mass is 35.5. The quantitative estimate of drug-likeness (QED) is 0.653. The first-order valence-electron chi connectivity index (χ1n) is 7.86. The number of anilines is 2. The molecule has 4 nitrogen and oxygen atoms in total. The zero-order chi connectivity index (χ0) is 19.4. The Morgan fingerprint density at radius 2 is 1.26 bits per heavy atom. The van der Waals surface area contributed by atoms with Gasteiger partial charge in [0.25, 0.3) is 11.8 Å². The van der Waals surface area contributed by atoms with Gasteiger partial charge in [-0.3, -0.25) is 9.59 Å². The molecule has 0 fully saturated rings. The van der Waals surface area contributed by atoms with Gasteiger partial charge in [0.15, 0.2) is 11.6 Å². The van der Waals surface area contributed by atoms with Gasteiger partial charge < -0.3 is 10.6 Å². The van der Waals surface area contributed by atoms with Crippen LogP contribution >= 0.6 is 11.6 Å². The first-order valence-corrected chi connectivity index (χ1v) is 8.23. The normalized spacial score (nSPS) is 10.3. The van der Waals surface area contributed by atoms with Crippen molar-refractivity contribution in [3.63, 3.8) is 0 Å². The van der Waals surface area contributed by atoms with Gasteiger partial charge in [0.2, 0.25) is 0 Å². The van der Waals surface area contributed by atoms with E-state index >= 15 is 0 Å². The lowest BCUT2D eigenvalue weighted by Crippen LogP contribution is -2.15. The Balaban J connectivity index is 1.73. The van der Waals surface area contributed by atoms with Crippen molar-refractivity contribution in [3.8, 4) is 0 Å². The zero-order valence-electron chi connectivity index (χ0n) is 13.8. The fraction of sp³-hybridized carbons (Fsp3) is 0. The number of carbonyl (C=O) groups excluding carboxylic acids is 2. The molecule has 3 aromatic rings. The molecule has 0 saturated carbocycles. The number of hydrogen-bond donors (Lipinski definition) is 2. The van der Waals surface area contributed by atoms with E-state index in [0.29, 0.717) is 10.7 Å². The Bertz CT molecular complexity index is 1010. The molecule has 2 N–H and O–H groups in total. The SMILES string of the molecule is O=C(Nc1ccc(Cl)cc1)c1cccc(C(=O)Nc2ccc(F)c(F)c2)c1. The molecular formula is C20H13ClF2N2O2. The Labute approximate surface area is 158 Å². The fourth-order valence-electron chi connectivity index (χ4n) is 2.32. The van der Waals surface area contributed by atoms with Gasteiger partial charge in [-0.1, -0.05) is 17.7 Å². The molecule has 0 aliphatic heterocycles. The predicted octanol–water partition coefficient (Wildman–Crippen LogP) is 5.12. The number of halogens is 3. The number of nitrogens with one attached hydrogen (secondary N) is 2. The van der Waals surface area contributed by atoms with E-state index in [-0.39, 0.29) is 16.8 Å². The monoisotopic (exact) mass is 386 g/mol. The van der Waals surface area contributed by atoms with E-state index in [2.05, 4.69) is 10.6 Å². The molecule has 3 rings (SSSR count). The van der Waals surface area contributed by atoms with Crippen molar-refractivity contribution in [3.05, 3.63) is 94.5 Å². The van der Waals surface area contributed by atoms with E-state index in [0.717, 1.165) is 12.1 Å². The maximum Gasteiger partial charge on any atom is 0.255 e. The molecule has 27 heavy (non-hydrogen) atoms. The second kappa shape index (κ2) is 7.97. The van der Waals surface area contributed by atoms with Gasteiger partial charge in [-0.2, -0.15) is 0 Å². The van der Waals surface area contributed by atoms with Gasteiger partial charge in [0.05, 0.1) is 0 Å². The molecule has 3 aromatic carbocycles. The highest BCUT2D eigenvalue weighted by Crippen LogP contribution is 2.17. The zero-order valence-corrected chi connectivity index (χ0v) is 14.6. The predicted molar refractivity (Wildman–Crippen MR) is 100 cm³/mol. The van der Waals surface area contributed by atoms with Gasteiger partial charge in [-0.15, -0.1) is 0 Å². The largest absolute Gasteiger partial charge is 0.322 e. The number of carbonyl (C=O) groups is 2. The van der Waals surface area contributed by atoms with Crippen LogP contribution in [0.15, 0.2) is 66.7 Å². The lowest BCUT2D eigenvalue weighted by molar-refractivity contribution is 0.102. The van der Waals surface area contributed by atoms with Crippen molar-refractivity contribution in [1.29, 1.82) is 0 Å². The highest BCUT2D eigenvalue weighted by Gasteiger charge is 2.12. The van der Waals surface area contributed by atoms with E-state index in [9.17, 15) is 18.4 Å². The Morgan fingerprint density at radius 3 is 1.85 bits per heavy atom. The Hall–Kier alpha value is -3.25. The van der Waals surface area contributed by atoms with Crippen LogP contribution in [0, 0.1) is 11.6 Å². The van der Waals surface area contributed by atoms with E-state index < -0.39 is 23.4 Å². The summed E-state index contributed by atoms with van der Waals surface area (Å²) in [6, 6.07) is 15.6. The minimum atomic E-state index is -1.07. The maximum absolute atomic E-state index is 13.2. The number of benzene rings is 3. The van der Waals surface area contributed by atoms with Gasteiger partial charge in [0.1, 0.15) is 0 Å².